The molecule has 2 fully saturated rings. The van der Waals surface area contributed by atoms with Crippen molar-refractivity contribution < 1.29 is 9.59 Å². The van der Waals surface area contributed by atoms with Crippen molar-refractivity contribution in [2.75, 3.05) is 5.32 Å². The molecule has 1 unspecified atom stereocenters. The molecule has 1 N–H and O–H groups in total. The van der Waals surface area contributed by atoms with Crippen LogP contribution in [-0.2, 0) is 9.59 Å². The van der Waals surface area contributed by atoms with Crippen LogP contribution in [0.1, 0.15) is 37.7 Å². The van der Waals surface area contributed by atoms with E-state index < -0.39 is 6.04 Å². The number of amides is 2. The fourth-order valence-corrected chi connectivity index (χ4v) is 3.11. The molecule has 5 heteroatoms. The van der Waals surface area contributed by atoms with E-state index in [2.05, 4.69) is 10.3 Å². The predicted octanol–water partition coefficient (Wildman–Crippen LogP) is 1.87. The first kappa shape index (κ1) is 13.1. The molecule has 1 aliphatic carbocycles. The van der Waals surface area contributed by atoms with Crippen molar-refractivity contribution >= 4 is 17.6 Å². The van der Waals surface area contributed by atoms with Gasteiger partial charge in [-0.1, -0.05) is 18.9 Å². The van der Waals surface area contributed by atoms with Crippen LogP contribution in [0, 0.1) is 6.92 Å². The highest BCUT2D eigenvalue weighted by molar-refractivity contribution is 6.07. The molecule has 1 saturated carbocycles. The van der Waals surface area contributed by atoms with Gasteiger partial charge in [0.2, 0.25) is 5.91 Å². The summed E-state index contributed by atoms with van der Waals surface area (Å²) in [6.45, 7) is 1.94. The molecule has 5 nitrogen and oxygen atoms in total. The average Bonchev–Trinajstić information content (AvgIpc) is 3.02. The number of likely N-dealkylation sites (tertiary alicyclic amines) is 1. The molecular formula is C15H19N3O2. The zero-order chi connectivity index (χ0) is 14.1. The van der Waals surface area contributed by atoms with Gasteiger partial charge < -0.3 is 5.32 Å². The third kappa shape index (κ3) is 2.28. The molecule has 2 heterocycles. The van der Waals surface area contributed by atoms with Gasteiger partial charge in [-0.3, -0.25) is 14.5 Å². The minimum atomic E-state index is -0.461. The molecule has 106 valence electrons. The fraction of sp³-hybridized carbons (Fsp3) is 0.533. The van der Waals surface area contributed by atoms with Gasteiger partial charge in [0.15, 0.2) is 0 Å². The molecule has 0 aromatic carbocycles. The van der Waals surface area contributed by atoms with E-state index in [0.717, 1.165) is 31.2 Å². The average molecular weight is 273 g/mol. The van der Waals surface area contributed by atoms with Crippen LogP contribution in [0.25, 0.3) is 0 Å². The summed E-state index contributed by atoms with van der Waals surface area (Å²) in [6, 6.07) is 3.45. The first-order valence-corrected chi connectivity index (χ1v) is 7.21. The molecule has 1 saturated heterocycles. The van der Waals surface area contributed by atoms with Crippen molar-refractivity contribution in [1.82, 2.24) is 9.88 Å². The Kier molecular flexibility index (Phi) is 3.42. The fourth-order valence-electron chi connectivity index (χ4n) is 3.11. The van der Waals surface area contributed by atoms with E-state index in [9.17, 15) is 9.59 Å². The maximum absolute atomic E-state index is 12.4. The van der Waals surface area contributed by atoms with Crippen LogP contribution >= 0.6 is 0 Å². The third-order valence-corrected chi connectivity index (χ3v) is 4.19. The highest BCUT2D eigenvalue weighted by atomic mass is 16.2. The van der Waals surface area contributed by atoms with Crippen LogP contribution in [-0.4, -0.2) is 33.8 Å². The summed E-state index contributed by atoms with van der Waals surface area (Å²) < 4.78 is 0. The summed E-state index contributed by atoms with van der Waals surface area (Å²) in [7, 11) is 0. The quantitative estimate of drug-likeness (QED) is 0.854. The maximum Gasteiger partial charge on any atom is 0.252 e. The first-order valence-electron chi connectivity index (χ1n) is 7.21. The zero-order valence-electron chi connectivity index (χ0n) is 11.6. The van der Waals surface area contributed by atoms with E-state index >= 15 is 0 Å². The third-order valence-electron chi connectivity index (χ3n) is 4.19. The van der Waals surface area contributed by atoms with Crippen molar-refractivity contribution in [2.45, 2.75) is 51.1 Å². The Balaban J connectivity index is 1.74. The lowest BCUT2D eigenvalue weighted by Gasteiger charge is -2.22. The molecule has 20 heavy (non-hydrogen) atoms. The van der Waals surface area contributed by atoms with Crippen molar-refractivity contribution in [3.05, 3.63) is 23.9 Å². The number of rotatable bonds is 3. The Morgan fingerprint density at radius 2 is 2.05 bits per heavy atom. The highest BCUT2D eigenvalue weighted by Crippen LogP contribution is 2.29. The van der Waals surface area contributed by atoms with E-state index in [0.29, 0.717) is 5.82 Å². The minimum Gasteiger partial charge on any atom is -0.358 e. The van der Waals surface area contributed by atoms with Crippen molar-refractivity contribution in [2.24, 2.45) is 0 Å². The zero-order valence-corrected chi connectivity index (χ0v) is 11.6. The molecule has 0 spiro atoms. The van der Waals surface area contributed by atoms with Gasteiger partial charge in [0.05, 0.1) is 6.42 Å². The number of hydrogen-bond donors (Lipinski definition) is 1. The van der Waals surface area contributed by atoms with Gasteiger partial charge in [0.25, 0.3) is 5.91 Å². The smallest absolute Gasteiger partial charge is 0.252 e. The number of carbonyl (C=O) groups is 2. The number of anilines is 1. The number of nitrogens with one attached hydrogen (secondary N) is 1. The van der Waals surface area contributed by atoms with Gasteiger partial charge in [-0.25, -0.2) is 4.98 Å². The van der Waals surface area contributed by atoms with Crippen molar-refractivity contribution in [1.29, 1.82) is 0 Å². The van der Waals surface area contributed by atoms with E-state index in [1.807, 2.05) is 19.1 Å². The number of aromatic nitrogens is 1. The van der Waals surface area contributed by atoms with Gasteiger partial charge in [0, 0.05) is 12.2 Å². The summed E-state index contributed by atoms with van der Waals surface area (Å²) in [5.74, 6) is 0.548. The first-order chi connectivity index (χ1) is 9.66. The molecule has 1 atom stereocenters. The summed E-state index contributed by atoms with van der Waals surface area (Å²) in [5, 5.41) is 3.12. The molecule has 1 aromatic rings. The normalized spacial score (nSPS) is 23.6. The number of aryl methyl sites for hydroxylation is 1. The summed E-state index contributed by atoms with van der Waals surface area (Å²) in [4.78, 5) is 30.3. The molecular weight excluding hydrogens is 254 g/mol. The van der Waals surface area contributed by atoms with Crippen molar-refractivity contribution in [3.63, 3.8) is 0 Å². The van der Waals surface area contributed by atoms with Crippen LogP contribution in [0.2, 0.25) is 0 Å². The maximum atomic E-state index is 12.4. The second-order valence-electron chi connectivity index (χ2n) is 5.61. The standard InChI is InChI=1S/C15H19N3O2/c1-10-5-4-8-16-14(10)17-12-9-13(19)18(15(12)20)11-6-2-3-7-11/h4-5,8,11-12H,2-3,6-7,9H2,1H3,(H,16,17). The van der Waals surface area contributed by atoms with Gasteiger partial charge in [-0.2, -0.15) is 0 Å². The Morgan fingerprint density at radius 1 is 1.30 bits per heavy atom. The number of hydrogen-bond acceptors (Lipinski definition) is 4. The van der Waals surface area contributed by atoms with Crippen LogP contribution < -0.4 is 5.32 Å². The summed E-state index contributed by atoms with van der Waals surface area (Å²) in [5.41, 5.74) is 0.979. The number of imide groups is 1. The van der Waals surface area contributed by atoms with Gasteiger partial charge in [0.1, 0.15) is 11.9 Å². The van der Waals surface area contributed by atoms with E-state index in [1.54, 1.807) is 6.20 Å². The Morgan fingerprint density at radius 3 is 2.75 bits per heavy atom. The molecule has 1 aliphatic heterocycles. The minimum absolute atomic E-state index is 0.0482. The van der Waals surface area contributed by atoms with E-state index in [1.165, 1.54) is 4.90 Å². The Hall–Kier alpha value is -1.91. The lowest BCUT2D eigenvalue weighted by molar-refractivity contribution is -0.141. The van der Waals surface area contributed by atoms with Gasteiger partial charge >= 0.3 is 0 Å². The topological polar surface area (TPSA) is 62.3 Å². The molecule has 3 rings (SSSR count). The summed E-state index contributed by atoms with van der Waals surface area (Å²) >= 11 is 0. The highest BCUT2D eigenvalue weighted by Gasteiger charge is 2.43. The molecule has 2 aliphatic rings. The lowest BCUT2D eigenvalue weighted by atomic mass is 10.2. The molecule has 0 bridgehead atoms. The van der Waals surface area contributed by atoms with Crippen LogP contribution in [0.3, 0.4) is 0 Å². The Bertz CT molecular complexity index is 538. The predicted molar refractivity (Wildman–Crippen MR) is 75.1 cm³/mol. The molecule has 0 radical (unpaired) electrons. The van der Waals surface area contributed by atoms with E-state index in [4.69, 9.17) is 0 Å². The molecule has 1 aromatic heterocycles. The molecule has 2 amide bonds. The van der Waals surface area contributed by atoms with Crippen LogP contribution in [0.15, 0.2) is 18.3 Å². The van der Waals surface area contributed by atoms with E-state index in [-0.39, 0.29) is 24.3 Å². The van der Waals surface area contributed by atoms with Crippen LogP contribution in [0.4, 0.5) is 5.82 Å². The number of nitrogens with zero attached hydrogens (tertiary/aromatic N) is 2. The monoisotopic (exact) mass is 273 g/mol. The summed E-state index contributed by atoms with van der Waals surface area (Å²) in [6.07, 6.45) is 6.05. The lowest BCUT2D eigenvalue weighted by Crippen LogP contribution is -2.41. The van der Waals surface area contributed by atoms with Crippen LogP contribution in [0.5, 0.6) is 0 Å². The number of pyridine rings is 1. The Labute approximate surface area is 118 Å². The van der Waals surface area contributed by atoms with Gasteiger partial charge in [-0.05, 0) is 31.4 Å². The number of carbonyl (C=O) groups excluding carboxylic acids is 2. The second kappa shape index (κ2) is 5.23. The largest absolute Gasteiger partial charge is 0.358 e. The van der Waals surface area contributed by atoms with Gasteiger partial charge in [-0.15, -0.1) is 0 Å². The van der Waals surface area contributed by atoms with Crippen molar-refractivity contribution in [3.8, 4) is 0 Å². The SMILES string of the molecule is Cc1cccnc1NC1CC(=O)N(C2CCCC2)C1=O. The second-order valence-corrected chi connectivity index (χ2v) is 5.61.